The molecule has 1 saturated carbocycles. The molecule has 0 bridgehead atoms. The highest BCUT2D eigenvalue weighted by molar-refractivity contribution is 5.24. The fourth-order valence-corrected chi connectivity index (χ4v) is 2.17. The lowest BCUT2D eigenvalue weighted by molar-refractivity contribution is 0.168. The van der Waals surface area contributed by atoms with Gasteiger partial charge in [0.25, 0.3) is 5.89 Å². The van der Waals surface area contributed by atoms with Gasteiger partial charge in [-0.25, -0.2) is 4.39 Å². The third-order valence-electron chi connectivity index (χ3n) is 3.62. The van der Waals surface area contributed by atoms with Crippen molar-refractivity contribution in [3.8, 4) is 5.75 Å². The summed E-state index contributed by atoms with van der Waals surface area (Å²) in [5.74, 6) is 0.543. The van der Waals surface area contributed by atoms with E-state index in [1.165, 1.54) is 6.07 Å². The normalized spacial score (nSPS) is 18.4. The Morgan fingerprint density at radius 3 is 2.80 bits per heavy atom. The van der Waals surface area contributed by atoms with Crippen LogP contribution in [0.4, 0.5) is 4.39 Å². The van der Waals surface area contributed by atoms with Gasteiger partial charge in [0.15, 0.2) is 23.5 Å². The van der Waals surface area contributed by atoms with Crippen LogP contribution in [0.2, 0.25) is 0 Å². The van der Waals surface area contributed by atoms with Gasteiger partial charge < -0.3 is 15.0 Å². The molecule has 0 amide bonds. The molecule has 0 spiro atoms. The summed E-state index contributed by atoms with van der Waals surface area (Å²) in [6, 6.07) is 6.20. The van der Waals surface area contributed by atoms with E-state index >= 15 is 0 Å². The molecule has 5 nitrogen and oxygen atoms in total. The van der Waals surface area contributed by atoms with Crippen LogP contribution in [-0.4, -0.2) is 10.1 Å². The summed E-state index contributed by atoms with van der Waals surface area (Å²) in [6.45, 7) is 1.73. The molecule has 1 aromatic heterocycles. The van der Waals surface area contributed by atoms with Gasteiger partial charge in [-0.3, -0.25) is 0 Å². The Hall–Kier alpha value is -1.95. The number of hydrogen-bond acceptors (Lipinski definition) is 5. The lowest BCUT2D eigenvalue weighted by Gasteiger charge is -2.34. The van der Waals surface area contributed by atoms with Gasteiger partial charge in [-0.1, -0.05) is 17.3 Å². The van der Waals surface area contributed by atoms with E-state index in [0.29, 0.717) is 11.7 Å². The molecule has 1 atom stereocenters. The van der Waals surface area contributed by atoms with Gasteiger partial charge in [0.05, 0.1) is 5.54 Å². The zero-order valence-corrected chi connectivity index (χ0v) is 11.2. The molecule has 0 radical (unpaired) electrons. The van der Waals surface area contributed by atoms with E-state index in [1.54, 1.807) is 25.1 Å². The Morgan fingerprint density at radius 1 is 1.40 bits per heavy atom. The first kappa shape index (κ1) is 13.1. The minimum absolute atomic E-state index is 0.158. The standard InChI is InChI=1S/C14H16FN3O2/c1-9(19-11-6-3-2-5-10(11)15)12-17-13(18-20-12)14(16)7-4-8-14/h2-3,5-6,9H,4,7-8,16H2,1H3. The number of rotatable bonds is 4. The minimum Gasteiger partial charge on any atom is -0.478 e. The van der Waals surface area contributed by atoms with Crippen molar-refractivity contribution in [3.63, 3.8) is 0 Å². The van der Waals surface area contributed by atoms with Crippen LogP contribution in [0.1, 0.15) is 44.0 Å². The highest BCUT2D eigenvalue weighted by Crippen LogP contribution is 2.37. The third-order valence-corrected chi connectivity index (χ3v) is 3.62. The summed E-state index contributed by atoms with van der Waals surface area (Å²) in [7, 11) is 0. The molecule has 1 aromatic carbocycles. The Balaban J connectivity index is 1.75. The van der Waals surface area contributed by atoms with Gasteiger partial charge in [0, 0.05) is 0 Å². The second-order valence-corrected chi connectivity index (χ2v) is 5.16. The molecule has 0 aliphatic heterocycles. The van der Waals surface area contributed by atoms with E-state index in [9.17, 15) is 4.39 Å². The van der Waals surface area contributed by atoms with E-state index < -0.39 is 17.5 Å². The number of hydrogen-bond donors (Lipinski definition) is 1. The predicted molar refractivity (Wildman–Crippen MR) is 69.5 cm³/mol. The maximum atomic E-state index is 13.5. The molecule has 106 valence electrons. The number of aromatic nitrogens is 2. The van der Waals surface area contributed by atoms with Crippen LogP contribution >= 0.6 is 0 Å². The van der Waals surface area contributed by atoms with E-state index in [4.69, 9.17) is 15.0 Å². The van der Waals surface area contributed by atoms with Crippen LogP contribution in [0.5, 0.6) is 5.75 Å². The second-order valence-electron chi connectivity index (χ2n) is 5.16. The molecule has 0 saturated heterocycles. The predicted octanol–water partition coefficient (Wildman–Crippen LogP) is 2.69. The van der Waals surface area contributed by atoms with E-state index in [0.717, 1.165) is 19.3 Å². The van der Waals surface area contributed by atoms with Crippen LogP contribution in [-0.2, 0) is 5.54 Å². The number of nitrogens with zero attached hydrogens (tertiary/aromatic N) is 2. The van der Waals surface area contributed by atoms with Gasteiger partial charge in [-0.15, -0.1) is 0 Å². The van der Waals surface area contributed by atoms with E-state index in [2.05, 4.69) is 10.1 Å². The first-order chi connectivity index (χ1) is 9.58. The lowest BCUT2D eigenvalue weighted by Crippen LogP contribution is -2.44. The Kier molecular flexibility index (Phi) is 3.17. The Labute approximate surface area is 115 Å². The number of ether oxygens (including phenoxy) is 1. The summed E-state index contributed by atoms with van der Waals surface area (Å²) in [5.41, 5.74) is 5.66. The fourth-order valence-electron chi connectivity index (χ4n) is 2.17. The minimum atomic E-state index is -0.531. The lowest BCUT2D eigenvalue weighted by atomic mass is 9.77. The molecule has 2 aromatic rings. The Morgan fingerprint density at radius 2 is 2.15 bits per heavy atom. The number of para-hydroxylation sites is 1. The van der Waals surface area contributed by atoms with Gasteiger partial charge in [0.2, 0.25) is 0 Å². The van der Waals surface area contributed by atoms with Crippen LogP contribution in [0.3, 0.4) is 0 Å². The topological polar surface area (TPSA) is 74.2 Å². The van der Waals surface area contributed by atoms with E-state index in [1.807, 2.05) is 0 Å². The molecule has 1 heterocycles. The van der Waals surface area contributed by atoms with Gasteiger partial charge >= 0.3 is 0 Å². The quantitative estimate of drug-likeness (QED) is 0.930. The van der Waals surface area contributed by atoms with Gasteiger partial charge in [-0.2, -0.15) is 4.98 Å². The van der Waals surface area contributed by atoms with Gasteiger partial charge in [0.1, 0.15) is 0 Å². The first-order valence-electron chi connectivity index (χ1n) is 6.63. The monoisotopic (exact) mass is 277 g/mol. The fraction of sp³-hybridized carbons (Fsp3) is 0.429. The first-order valence-corrected chi connectivity index (χ1v) is 6.63. The van der Waals surface area contributed by atoms with Crippen molar-refractivity contribution in [1.82, 2.24) is 10.1 Å². The van der Waals surface area contributed by atoms with Crippen LogP contribution < -0.4 is 10.5 Å². The smallest absolute Gasteiger partial charge is 0.267 e. The van der Waals surface area contributed by atoms with Crippen LogP contribution in [0.15, 0.2) is 28.8 Å². The summed E-state index contributed by atoms with van der Waals surface area (Å²) in [4.78, 5) is 4.28. The van der Waals surface area contributed by atoms with Crippen molar-refractivity contribution in [2.75, 3.05) is 0 Å². The van der Waals surface area contributed by atoms with Crippen molar-refractivity contribution in [2.45, 2.75) is 37.8 Å². The SMILES string of the molecule is CC(Oc1ccccc1F)c1nc(C2(N)CCC2)no1. The highest BCUT2D eigenvalue weighted by atomic mass is 19.1. The molecule has 2 N–H and O–H groups in total. The molecule has 1 unspecified atom stereocenters. The maximum absolute atomic E-state index is 13.5. The zero-order valence-electron chi connectivity index (χ0n) is 11.2. The summed E-state index contributed by atoms with van der Waals surface area (Å²) in [5, 5.41) is 3.91. The molecular formula is C14H16FN3O2. The van der Waals surface area contributed by atoms with Crippen LogP contribution in [0.25, 0.3) is 0 Å². The molecule has 1 aliphatic carbocycles. The van der Waals surface area contributed by atoms with Crippen molar-refractivity contribution >= 4 is 0 Å². The summed E-state index contributed by atoms with van der Waals surface area (Å²) >= 11 is 0. The second kappa shape index (κ2) is 4.86. The van der Waals surface area contributed by atoms with Gasteiger partial charge in [-0.05, 0) is 38.3 Å². The number of benzene rings is 1. The molecule has 1 aliphatic rings. The van der Waals surface area contributed by atoms with Crippen molar-refractivity contribution < 1.29 is 13.7 Å². The maximum Gasteiger partial charge on any atom is 0.267 e. The van der Waals surface area contributed by atoms with Crippen molar-refractivity contribution in [3.05, 3.63) is 41.8 Å². The zero-order chi connectivity index (χ0) is 14.2. The largest absolute Gasteiger partial charge is 0.478 e. The summed E-state index contributed by atoms with van der Waals surface area (Å²) in [6.07, 6.45) is 2.25. The average Bonchev–Trinajstić information content (AvgIpc) is 2.88. The number of halogens is 1. The molecule has 20 heavy (non-hydrogen) atoms. The number of nitrogens with two attached hydrogens (primary N) is 1. The van der Waals surface area contributed by atoms with E-state index in [-0.39, 0.29) is 5.75 Å². The molecule has 3 rings (SSSR count). The van der Waals surface area contributed by atoms with Crippen LogP contribution in [0, 0.1) is 5.82 Å². The summed E-state index contributed by atoms with van der Waals surface area (Å²) < 4.78 is 24.2. The molecule has 1 fully saturated rings. The Bertz CT molecular complexity index is 610. The third kappa shape index (κ3) is 2.27. The molecule has 6 heteroatoms. The van der Waals surface area contributed by atoms with Crippen molar-refractivity contribution in [1.29, 1.82) is 0 Å². The molecular weight excluding hydrogens is 261 g/mol. The highest BCUT2D eigenvalue weighted by Gasteiger charge is 2.39. The van der Waals surface area contributed by atoms with Crippen molar-refractivity contribution in [2.24, 2.45) is 5.73 Å². The average molecular weight is 277 g/mol.